The molecule has 1 aliphatic rings. The fourth-order valence-electron chi connectivity index (χ4n) is 3.36. The van der Waals surface area contributed by atoms with E-state index < -0.39 is 0 Å². The summed E-state index contributed by atoms with van der Waals surface area (Å²) >= 11 is 0.883. The van der Waals surface area contributed by atoms with Crippen LogP contribution in [-0.2, 0) is 16.0 Å². The van der Waals surface area contributed by atoms with Gasteiger partial charge in [0.1, 0.15) is 0 Å². The standard InChI is InChI=1S/C25H28N2O5S/c1-5-32-20-9-8-19(13-21(20)31-4)14-22-24(29)27(25(30)33-22)11-10-26-23(28)15-18-7-6-16(2)17(3)12-18/h6-9,12-14H,5,10-11,15H2,1-4H3,(H,26,28). The highest BCUT2D eigenvalue weighted by Crippen LogP contribution is 2.34. The molecule has 2 aromatic carbocycles. The Morgan fingerprint density at radius 2 is 1.88 bits per heavy atom. The smallest absolute Gasteiger partial charge is 0.293 e. The van der Waals surface area contributed by atoms with Crippen molar-refractivity contribution < 1.29 is 23.9 Å². The Kier molecular flexibility index (Phi) is 8.16. The van der Waals surface area contributed by atoms with Crippen LogP contribution in [0.3, 0.4) is 0 Å². The van der Waals surface area contributed by atoms with Crippen LogP contribution in [0.2, 0.25) is 0 Å². The molecule has 7 nitrogen and oxygen atoms in total. The number of aryl methyl sites for hydroxylation is 2. The minimum absolute atomic E-state index is 0.118. The number of methoxy groups -OCH3 is 1. The van der Waals surface area contributed by atoms with Crippen molar-refractivity contribution in [1.29, 1.82) is 0 Å². The minimum atomic E-state index is -0.374. The van der Waals surface area contributed by atoms with Crippen molar-refractivity contribution in [1.82, 2.24) is 10.2 Å². The monoisotopic (exact) mass is 468 g/mol. The van der Waals surface area contributed by atoms with Gasteiger partial charge in [0.2, 0.25) is 5.91 Å². The summed E-state index contributed by atoms with van der Waals surface area (Å²) < 4.78 is 10.8. The first-order valence-electron chi connectivity index (χ1n) is 10.7. The van der Waals surface area contributed by atoms with Gasteiger partial charge in [-0.15, -0.1) is 0 Å². The summed E-state index contributed by atoms with van der Waals surface area (Å²) in [5, 5.41) is 2.43. The third kappa shape index (κ3) is 6.16. The van der Waals surface area contributed by atoms with Crippen LogP contribution in [0, 0.1) is 13.8 Å². The Morgan fingerprint density at radius 3 is 2.58 bits per heavy atom. The van der Waals surface area contributed by atoms with Gasteiger partial charge in [-0.1, -0.05) is 24.3 Å². The van der Waals surface area contributed by atoms with Gasteiger partial charge in [-0.25, -0.2) is 0 Å². The molecular weight excluding hydrogens is 440 g/mol. The number of imide groups is 1. The van der Waals surface area contributed by atoms with Crippen LogP contribution in [-0.4, -0.2) is 48.8 Å². The van der Waals surface area contributed by atoms with Gasteiger partial charge in [0, 0.05) is 13.1 Å². The van der Waals surface area contributed by atoms with Crippen molar-refractivity contribution in [3.63, 3.8) is 0 Å². The fourth-order valence-corrected chi connectivity index (χ4v) is 4.23. The molecule has 1 aliphatic heterocycles. The zero-order chi connectivity index (χ0) is 24.0. The van der Waals surface area contributed by atoms with Crippen LogP contribution in [0.1, 0.15) is 29.2 Å². The molecule has 0 radical (unpaired) electrons. The molecule has 8 heteroatoms. The number of carbonyl (C=O) groups excluding carboxylic acids is 3. The second kappa shape index (κ2) is 11.0. The molecule has 1 saturated heterocycles. The number of carbonyl (C=O) groups is 3. The lowest BCUT2D eigenvalue weighted by molar-refractivity contribution is -0.124. The molecule has 1 heterocycles. The molecule has 0 aromatic heterocycles. The van der Waals surface area contributed by atoms with Crippen molar-refractivity contribution in [2.75, 3.05) is 26.8 Å². The highest BCUT2D eigenvalue weighted by atomic mass is 32.2. The maximum absolute atomic E-state index is 12.7. The summed E-state index contributed by atoms with van der Waals surface area (Å²) in [7, 11) is 1.55. The van der Waals surface area contributed by atoms with Gasteiger partial charge in [-0.2, -0.15) is 0 Å². The first-order chi connectivity index (χ1) is 15.8. The molecule has 2 aromatic rings. The molecule has 174 valence electrons. The molecule has 0 bridgehead atoms. The van der Waals surface area contributed by atoms with Gasteiger partial charge in [0.25, 0.3) is 11.1 Å². The molecule has 0 spiro atoms. The Hall–Kier alpha value is -3.26. The molecule has 1 fully saturated rings. The van der Waals surface area contributed by atoms with E-state index in [1.807, 2.05) is 39.0 Å². The van der Waals surface area contributed by atoms with E-state index in [2.05, 4.69) is 5.32 Å². The number of rotatable bonds is 9. The molecule has 0 atom stereocenters. The van der Waals surface area contributed by atoms with Gasteiger partial charge < -0.3 is 14.8 Å². The lowest BCUT2D eigenvalue weighted by Crippen LogP contribution is -2.37. The Labute approximate surface area is 198 Å². The Bertz CT molecular complexity index is 1100. The van der Waals surface area contributed by atoms with Crippen LogP contribution in [0.25, 0.3) is 6.08 Å². The maximum atomic E-state index is 12.7. The first-order valence-corrected chi connectivity index (χ1v) is 11.5. The number of hydrogen-bond acceptors (Lipinski definition) is 6. The highest BCUT2D eigenvalue weighted by Gasteiger charge is 2.34. The van der Waals surface area contributed by atoms with Crippen LogP contribution < -0.4 is 14.8 Å². The predicted octanol–water partition coefficient (Wildman–Crippen LogP) is 4.11. The Balaban J connectivity index is 1.57. The van der Waals surface area contributed by atoms with Crippen molar-refractivity contribution >= 4 is 34.9 Å². The first kappa shape index (κ1) is 24.4. The van der Waals surface area contributed by atoms with Gasteiger partial charge in [-0.3, -0.25) is 19.3 Å². The van der Waals surface area contributed by atoms with Gasteiger partial charge in [-0.05, 0) is 73.0 Å². The number of thioether (sulfide) groups is 1. The molecule has 0 saturated carbocycles. The molecule has 3 rings (SSSR count). The largest absolute Gasteiger partial charge is 0.493 e. The zero-order valence-corrected chi connectivity index (χ0v) is 20.1. The zero-order valence-electron chi connectivity index (χ0n) is 19.3. The molecular formula is C25H28N2O5S. The fraction of sp³-hybridized carbons (Fsp3) is 0.320. The van der Waals surface area contributed by atoms with Crippen LogP contribution >= 0.6 is 11.8 Å². The van der Waals surface area contributed by atoms with Crippen molar-refractivity contribution in [3.05, 3.63) is 63.6 Å². The lowest BCUT2D eigenvalue weighted by Gasteiger charge is -2.13. The van der Waals surface area contributed by atoms with E-state index in [9.17, 15) is 14.4 Å². The van der Waals surface area contributed by atoms with E-state index in [4.69, 9.17) is 9.47 Å². The quantitative estimate of drug-likeness (QED) is 0.558. The number of benzene rings is 2. The van der Waals surface area contributed by atoms with Crippen molar-refractivity contribution in [3.8, 4) is 11.5 Å². The predicted molar refractivity (Wildman–Crippen MR) is 129 cm³/mol. The van der Waals surface area contributed by atoms with E-state index in [1.165, 1.54) is 5.56 Å². The minimum Gasteiger partial charge on any atom is -0.493 e. The summed E-state index contributed by atoms with van der Waals surface area (Å²) in [5.74, 6) is 0.640. The third-order valence-electron chi connectivity index (χ3n) is 5.25. The number of hydrogen-bond donors (Lipinski definition) is 1. The second-order valence-corrected chi connectivity index (χ2v) is 8.62. The summed E-state index contributed by atoms with van der Waals surface area (Å²) in [5.41, 5.74) is 3.96. The van der Waals surface area contributed by atoms with Crippen LogP contribution in [0.15, 0.2) is 41.3 Å². The third-order valence-corrected chi connectivity index (χ3v) is 6.16. The van der Waals surface area contributed by atoms with E-state index in [1.54, 1.807) is 31.4 Å². The SMILES string of the molecule is CCOc1ccc(C=C2SC(=O)N(CCNC(=O)Cc3ccc(C)c(C)c3)C2=O)cc1OC. The molecule has 3 amide bonds. The molecule has 0 aliphatic carbocycles. The lowest BCUT2D eigenvalue weighted by atomic mass is 10.0. The van der Waals surface area contributed by atoms with E-state index in [-0.39, 0.29) is 36.6 Å². The van der Waals surface area contributed by atoms with Crippen molar-refractivity contribution in [2.24, 2.45) is 0 Å². The normalized spacial score (nSPS) is 14.7. The average molecular weight is 469 g/mol. The summed E-state index contributed by atoms with van der Waals surface area (Å²) in [6.07, 6.45) is 1.91. The topological polar surface area (TPSA) is 84.9 Å². The number of nitrogens with zero attached hydrogens (tertiary/aromatic N) is 1. The van der Waals surface area contributed by atoms with Crippen molar-refractivity contribution in [2.45, 2.75) is 27.2 Å². The number of ether oxygens (including phenoxy) is 2. The maximum Gasteiger partial charge on any atom is 0.293 e. The second-order valence-electron chi connectivity index (χ2n) is 7.62. The van der Waals surface area contributed by atoms with Gasteiger partial charge in [0.15, 0.2) is 11.5 Å². The average Bonchev–Trinajstić information content (AvgIpc) is 3.04. The summed E-state index contributed by atoms with van der Waals surface area (Å²) in [6, 6.07) is 11.2. The number of nitrogens with one attached hydrogen (secondary N) is 1. The highest BCUT2D eigenvalue weighted by molar-refractivity contribution is 8.18. The molecule has 1 N–H and O–H groups in total. The van der Waals surface area contributed by atoms with Gasteiger partial charge in [0.05, 0.1) is 25.0 Å². The van der Waals surface area contributed by atoms with E-state index in [0.717, 1.165) is 33.4 Å². The Morgan fingerprint density at radius 1 is 1.09 bits per heavy atom. The summed E-state index contributed by atoms with van der Waals surface area (Å²) in [4.78, 5) is 38.8. The molecule has 33 heavy (non-hydrogen) atoms. The van der Waals surface area contributed by atoms with Crippen LogP contribution in [0.4, 0.5) is 4.79 Å². The molecule has 0 unspecified atom stereocenters. The number of amides is 3. The van der Waals surface area contributed by atoms with E-state index >= 15 is 0 Å². The van der Waals surface area contributed by atoms with E-state index in [0.29, 0.717) is 23.0 Å². The van der Waals surface area contributed by atoms with Crippen LogP contribution in [0.5, 0.6) is 11.5 Å². The summed E-state index contributed by atoms with van der Waals surface area (Å²) in [6.45, 7) is 6.74. The van der Waals surface area contributed by atoms with Gasteiger partial charge >= 0.3 is 0 Å².